The van der Waals surface area contributed by atoms with Crippen LogP contribution in [0.2, 0.25) is 0 Å². The molecule has 0 amide bonds. The van der Waals surface area contributed by atoms with Gasteiger partial charge in [-0.2, -0.15) is 0 Å². The highest BCUT2D eigenvalue weighted by Crippen LogP contribution is 2.45. The summed E-state index contributed by atoms with van der Waals surface area (Å²) in [5, 5.41) is 21.3. The minimum absolute atomic E-state index is 0.267. The second kappa shape index (κ2) is 6.04. The molecule has 1 atom stereocenters. The van der Waals surface area contributed by atoms with Gasteiger partial charge in [-0.15, -0.1) is 0 Å². The van der Waals surface area contributed by atoms with Crippen LogP contribution in [-0.2, 0) is 0 Å². The Kier molecular flexibility index (Phi) is 4.50. The van der Waals surface area contributed by atoms with Crippen LogP contribution in [-0.4, -0.2) is 10.2 Å². The van der Waals surface area contributed by atoms with Crippen molar-refractivity contribution < 1.29 is 10.2 Å². The molecule has 0 saturated carbocycles. The highest BCUT2D eigenvalue weighted by Gasteiger charge is 2.21. The molecule has 0 radical (unpaired) electrons. The van der Waals surface area contributed by atoms with Gasteiger partial charge in [-0.05, 0) is 67.9 Å². The minimum atomic E-state index is 0.267. The van der Waals surface area contributed by atoms with E-state index in [9.17, 15) is 10.2 Å². The number of aromatic hydroxyl groups is 2. The average Bonchev–Trinajstić information content (AvgIpc) is 2.50. The second-order valence-electron chi connectivity index (χ2n) is 6.34. The lowest BCUT2D eigenvalue weighted by Gasteiger charge is -2.21. The molecule has 0 fully saturated rings. The first-order chi connectivity index (χ1) is 10.3. The summed E-state index contributed by atoms with van der Waals surface area (Å²) in [6, 6.07) is 6.06. The summed E-state index contributed by atoms with van der Waals surface area (Å²) in [4.78, 5) is 0. The van der Waals surface area contributed by atoms with Crippen molar-refractivity contribution in [3.63, 3.8) is 0 Å². The molecule has 0 heterocycles. The number of hydrogen-bond acceptors (Lipinski definition) is 2. The van der Waals surface area contributed by atoms with E-state index in [-0.39, 0.29) is 11.5 Å². The third-order valence-electron chi connectivity index (χ3n) is 4.96. The van der Waals surface area contributed by atoms with E-state index in [2.05, 4.69) is 19.9 Å². The fraction of sp³-hybridized carbons (Fsp3) is 0.400. The van der Waals surface area contributed by atoms with Crippen molar-refractivity contribution in [2.24, 2.45) is 0 Å². The Morgan fingerprint density at radius 1 is 0.909 bits per heavy atom. The molecule has 0 spiro atoms. The quantitative estimate of drug-likeness (QED) is 0.784. The van der Waals surface area contributed by atoms with Gasteiger partial charge in [0.25, 0.3) is 0 Å². The largest absolute Gasteiger partial charge is 0.507 e. The van der Waals surface area contributed by atoms with E-state index >= 15 is 0 Å². The lowest BCUT2D eigenvalue weighted by Crippen LogP contribution is -2.00. The molecule has 0 saturated heterocycles. The molecule has 2 aromatic rings. The maximum absolute atomic E-state index is 10.7. The SMILES string of the molecule is CCC(C)c1cc(C)c(C)c(O)c1-c1ccc(C)c(C)c1O. The monoisotopic (exact) mass is 298 g/mol. The van der Waals surface area contributed by atoms with Crippen molar-refractivity contribution in [1.29, 1.82) is 0 Å². The van der Waals surface area contributed by atoms with E-state index in [0.29, 0.717) is 5.92 Å². The predicted octanol–water partition coefficient (Wildman–Crippen LogP) is 5.51. The second-order valence-corrected chi connectivity index (χ2v) is 6.34. The normalized spacial score (nSPS) is 12.5. The minimum Gasteiger partial charge on any atom is -0.507 e. The van der Waals surface area contributed by atoms with Crippen LogP contribution in [0.3, 0.4) is 0 Å². The van der Waals surface area contributed by atoms with Crippen LogP contribution >= 0.6 is 0 Å². The summed E-state index contributed by atoms with van der Waals surface area (Å²) >= 11 is 0. The van der Waals surface area contributed by atoms with Gasteiger partial charge >= 0.3 is 0 Å². The van der Waals surface area contributed by atoms with E-state index in [1.165, 1.54) is 0 Å². The van der Waals surface area contributed by atoms with E-state index in [1.54, 1.807) is 0 Å². The fourth-order valence-corrected chi connectivity index (χ4v) is 2.82. The Balaban J connectivity index is 2.85. The Labute approximate surface area is 133 Å². The molecule has 0 aliphatic carbocycles. The molecule has 2 N–H and O–H groups in total. The summed E-state index contributed by atoms with van der Waals surface area (Å²) in [5.41, 5.74) is 6.47. The van der Waals surface area contributed by atoms with Crippen molar-refractivity contribution in [2.45, 2.75) is 53.9 Å². The summed E-state index contributed by atoms with van der Waals surface area (Å²) in [6.45, 7) is 12.1. The Morgan fingerprint density at radius 2 is 1.50 bits per heavy atom. The van der Waals surface area contributed by atoms with Gasteiger partial charge in [-0.3, -0.25) is 0 Å². The van der Waals surface area contributed by atoms with Gasteiger partial charge < -0.3 is 10.2 Å². The molecular weight excluding hydrogens is 272 g/mol. The molecule has 0 bridgehead atoms. The summed E-state index contributed by atoms with van der Waals surface area (Å²) in [5.74, 6) is 0.873. The van der Waals surface area contributed by atoms with Crippen LogP contribution in [0.25, 0.3) is 11.1 Å². The Bertz CT molecular complexity index is 714. The molecule has 2 nitrogen and oxygen atoms in total. The molecule has 2 rings (SSSR count). The van der Waals surface area contributed by atoms with Gasteiger partial charge in [0.05, 0.1) is 0 Å². The molecule has 0 aliphatic heterocycles. The van der Waals surface area contributed by atoms with Crippen LogP contribution in [0.1, 0.15) is 54.0 Å². The highest BCUT2D eigenvalue weighted by atomic mass is 16.3. The van der Waals surface area contributed by atoms with Crippen molar-refractivity contribution in [3.8, 4) is 22.6 Å². The first-order valence-corrected chi connectivity index (χ1v) is 7.92. The molecule has 118 valence electrons. The predicted molar refractivity (Wildman–Crippen MR) is 92.9 cm³/mol. The van der Waals surface area contributed by atoms with E-state index in [1.807, 2.05) is 39.8 Å². The zero-order valence-corrected chi connectivity index (χ0v) is 14.4. The van der Waals surface area contributed by atoms with E-state index in [0.717, 1.165) is 45.4 Å². The van der Waals surface area contributed by atoms with Gasteiger partial charge in [0, 0.05) is 11.1 Å². The first-order valence-electron chi connectivity index (χ1n) is 7.92. The maximum Gasteiger partial charge on any atom is 0.126 e. The molecular formula is C20H26O2. The number of rotatable bonds is 3. The number of phenols is 2. The standard InChI is InChI=1S/C20H26O2/c1-7-11(2)17-10-13(4)15(6)20(22)18(17)16-9-8-12(3)14(5)19(16)21/h8-11,21-22H,7H2,1-6H3. The van der Waals surface area contributed by atoms with Crippen molar-refractivity contribution in [2.75, 3.05) is 0 Å². The van der Waals surface area contributed by atoms with Crippen LogP contribution in [0.4, 0.5) is 0 Å². The number of aryl methyl sites for hydroxylation is 2. The Morgan fingerprint density at radius 3 is 2.09 bits per heavy atom. The van der Waals surface area contributed by atoms with Gasteiger partial charge in [-0.25, -0.2) is 0 Å². The smallest absolute Gasteiger partial charge is 0.126 e. The Hall–Kier alpha value is -1.96. The molecule has 0 aromatic heterocycles. The average molecular weight is 298 g/mol. The molecule has 2 aromatic carbocycles. The third kappa shape index (κ3) is 2.58. The molecule has 2 heteroatoms. The summed E-state index contributed by atoms with van der Waals surface area (Å²) < 4.78 is 0. The number of benzene rings is 2. The summed E-state index contributed by atoms with van der Waals surface area (Å²) in [7, 11) is 0. The topological polar surface area (TPSA) is 40.5 Å². The van der Waals surface area contributed by atoms with Gasteiger partial charge in [0.2, 0.25) is 0 Å². The van der Waals surface area contributed by atoms with Crippen LogP contribution in [0.15, 0.2) is 18.2 Å². The van der Waals surface area contributed by atoms with Crippen LogP contribution in [0, 0.1) is 27.7 Å². The van der Waals surface area contributed by atoms with Crippen molar-refractivity contribution in [3.05, 3.63) is 46.0 Å². The molecule has 0 aliphatic rings. The zero-order valence-electron chi connectivity index (χ0n) is 14.4. The lowest BCUT2D eigenvalue weighted by molar-refractivity contribution is 0.463. The number of phenolic OH excluding ortho intramolecular Hbond substituents is 2. The van der Waals surface area contributed by atoms with Crippen LogP contribution < -0.4 is 0 Å². The van der Waals surface area contributed by atoms with Gasteiger partial charge in [0.15, 0.2) is 0 Å². The maximum atomic E-state index is 10.7. The fourth-order valence-electron chi connectivity index (χ4n) is 2.82. The van der Waals surface area contributed by atoms with Gasteiger partial charge in [-0.1, -0.05) is 32.0 Å². The van der Waals surface area contributed by atoms with Crippen LogP contribution in [0.5, 0.6) is 11.5 Å². The van der Waals surface area contributed by atoms with E-state index < -0.39 is 0 Å². The lowest BCUT2D eigenvalue weighted by atomic mass is 9.85. The highest BCUT2D eigenvalue weighted by molar-refractivity contribution is 5.82. The zero-order chi connectivity index (χ0) is 16.6. The van der Waals surface area contributed by atoms with Gasteiger partial charge in [0.1, 0.15) is 11.5 Å². The van der Waals surface area contributed by atoms with E-state index in [4.69, 9.17) is 0 Å². The molecule has 22 heavy (non-hydrogen) atoms. The third-order valence-corrected chi connectivity index (χ3v) is 4.96. The molecule has 1 unspecified atom stereocenters. The number of hydrogen-bond donors (Lipinski definition) is 2. The van der Waals surface area contributed by atoms with Crippen molar-refractivity contribution in [1.82, 2.24) is 0 Å². The first kappa shape index (κ1) is 16.4. The van der Waals surface area contributed by atoms with Crippen molar-refractivity contribution >= 4 is 0 Å². The summed E-state index contributed by atoms with van der Waals surface area (Å²) in [6.07, 6.45) is 0.987.